The monoisotopic (exact) mass is 158 g/mol. The fourth-order valence-corrected chi connectivity index (χ4v) is 1.38. The molecule has 0 amide bonds. The highest BCUT2D eigenvalue weighted by Crippen LogP contribution is 2.08. The quantitative estimate of drug-likeness (QED) is 0.599. The van der Waals surface area contributed by atoms with Crippen LogP contribution in [0, 0.1) is 0 Å². The first kappa shape index (κ1) is 8.97. The molecule has 0 bridgehead atoms. The van der Waals surface area contributed by atoms with Crippen molar-refractivity contribution >= 4 is 0 Å². The van der Waals surface area contributed by atoms with Crippen molar-refractivity contribution in [1.29, 1.82) is 0 Å². The molecule has 3 nitrogen and oxygen atoms in total. The van der Waals surface area contributed by atoms with Gasteiger partial charge in [-0.25, -0.2) is 0 Å². The smallest absolute Gasteiger partial charge is 0.0753 e. The van der Waals surface area contributed by atoms with Crippen LogP contribution in [-0.2, 0) is 4.74 Å². The van der Waals surface area contributed by atoms with Crippen molar-refractivity contribution in [2.75, 3.05) is 13.1 Å². The van der Waals surface area contributed by atoms with Gasteiger partial charge in [0.1, 0.15) is 0 Å². The van der Waals surface area contributed by atoms with E-state index >= 15 is 0 Å². The molecule has 1 aliphatic heterocycles. The molecule has 3 N–H and O–H groups in total. The normalized spacial score (nSPS) is 32.7. The fourth-order valence-electron chi connectivity index (χ4n) is 1.38. The van der Waals surface area contributed by atoms with Crippen LogP contribution in [0.15, 0.2) is 0 Å². The van der Waals surface area contributed by atoms with Gasteiger partial charge in [0.05, 0.1) is 12.2 Å². The highest BCUT2D eigenvalue weighted by atomic mass is 16.5. The Kier molecular flexibility index (Phi) is 3.30. The molecule has 1 fully saturated rings. The molecule has 0 aromatic rings. The molecule has 0 saturated carbocycles. The molecular formula is C8H18N2O. The van der Waals surface area contributed by atoms with Gasteiger partial charge in [0.15, 0.2) is 0 Å². The minimum absolute atomic E-state index is 0.172. The van der Waals surface area contributed by atoms with E-state index in [1.54, 1.807) is 0 Å². The van der Waals surface area contributed by atoms with Gasteiger partial charge in [-0.3, -0.25) is 0 Å². The molecule has 2 atom stereocenters. The first-order valence-electron chi connectivity index (χ1n) is 4.32. The summed E-state index contributed by atoms with van der Waals surface area (Å²) < 4.78 is 5.64. The summed E-state index contributed by atoms with van der Waals surface area (Å²) in [5, 5.41) is 3.23. The molecule has 0 aromatic heterocycles. The summed E-state index contributed by atoms with van der Waals surface area (Å²) in [5.74, 6) is 0. The summed E-state index contributed by atoms with van der Waals surface area (Å²) >= 11 is 0. The van der Waals surface area contributed by atoms with Crippen LogP contribution >= 0.6 is 0 Å². The molecule has 1 rings (SSSR count). The Balaban J connectivity index is 2.29. The Hall–Kier alpha value is -0.120. The van der Waals surface area contributed by atoms with Gasteiger partial charge < -0.3 is 15.8 Å². The summed E-state index contributed by atoms with van der Waals surface area (Å²) in [5.41, 5.74) is 5.84. The second-order valence-electron chi connectivity index (χ2n) is 3.38. The molecule has 1 aliphatic rings. The van der Waals surface area contributed by atoms with E-state index in [1.807, 2.05) is 0 Å². The van der Waals surface area contributed by atoms with Crippen molar-refractivity contribution in [3.05, 3.63) is 0 Å². The Bertz CT molecular complexity index is 117. The van der Waals surface area contributed by atoms with Crippen molar-refractivity contribution in [3.8, 4) is 0 Å². The van der Waals surface area contributed by atoms with Crippen molar-refractivity contribution in [2.24, 2.45) is 5.73 Å². The maximum atomic E-state index is 5.84. The first-order valence-corrected chi connectivity index (χ1v) is 4.32. The van der Waals surface area contributed by atoms with Crippen molar-refractivity contribution in [3.63, 3.8) is 0 Å². The summed E-state index contributed by atoms with van der Waals surface area (Å²) in [7, 11) is 0. The van der Waals surface area contributed by atoms with Crippen LogP contribution in [0.5, 0.6) is 0 Å². The molecule has 0 radical (unpaired) electrons. The molecule has 66 valence electrons. The Morgan fingerprint density at radius 3 is 2.82 bits per heavy atom. The summed E-state index contributed by atoms with van der Waals surface area (Å²) in [6, 6.07) is 0.172. The second kappa shape index (κ2) is 4.04. The first-order chi connectivity index (χ1) is 5.20. The van der Waals surface area contributed by atoms with E-state index in [9.17, 15) is 0 Å². The molecule has 2 unspecified atom stereocenters. The Morgan fingerprint density at radius 2 is 2.27 bits per heavy atom. The van der Waals surface area contributed by atoms with E-state index < -0.39 is 0 Å². The second-order valence-corrected chi connectivity index (χ2v) is 3.38. The van der Waals surface area contributed by atoms with Crippen LogP contribution in [0.1, 0.15) is 20.3 Å². The lowest BCUT2D eigenvalue weighted by molar-refractivity contribution is -0.0186. The Morgan fingerprint density at radius 1 is 1.55 bits per heavy atom. The van der Waals surface area contributed by atoms with Gasteiger partial charge in [0.2, 0.25) is 0 Å². The van der Waals surface area contributed by atoms with Gasteiger partial charge >= 0.3 is 0 Å². The third-order valence-corrected chi connectivity index (χ3v) is 1.91. The summed E-state index contributed by atoms with van der Waals surface area (Å²) in [6.07, 6.45) is 1.60. The van der Waals surface area contributed by atoms with Crippen LogP contribution in [0.3, 0.4) is 0 Å². The van der Waals surface area contributed by atoms with E-state index in [0.717, 1.165) is 19.5 Å². The third-order valence-electron chi connectivity index (χ3n) is 1.91. The zero-order valence-corrected chi connectivity index (χ0v) is 7.34. The molecule has 0 spiro atoms. The van der Waals surface area contributed by atoms with Gasteiger partial charge in [-0.1, -0.05) is 0 Å². The lowest BCUT2D eigenvalue weighted by Crippen LogP contribution is -2.51. The van der Waals surface area contributed by atoms with Crippen LogP contribution in [0.4, 0.5) is 0 Å². The van der Waals surface area contributed by atoms with Crippen LogP contribution < -0.4 is 11.1 Å². The van der Waals surface area contributed by atoms with E-state index in [2.05, 4.69) is 19.2 Å². The summed E-state index contributed by atoms with van der Waals surface area (Å²) in [4.78, 5) is 0. The lowest BCUT2D eigenvalue weighted by Gasteiger charge is -2.30. The van der Waals surface area contributed by atoms with E-state index in [1.165, 1.54) is 0 Å². The predicted octanol–water partition coefficient (Wildman–Crippen LogP) is 0.101. The number of hydrogen-bond acceptors (Lipinski definition) is 3. The maximum absolute atomic E-state index is 5.84. The number of hydrogen-bond donors (Lipinski definition) is 2. The average Bonchev–Trinajstić information content (AvgIpc) is 1.93. The molecule has 1 heterocycles. The standard InChI is InChI=1S/C8H18N2O/c1-6(2)11-8-3-4-10-5-7(8)9/h6-8,10H,3-5,9H2,1-2H3. The zero-order chi connectivity index (χ0) is 8.27. The average molecular weight is 158 g/mol. The van der Waals surface area contributed by atoms with Gasteiger partial charge in [-0.15, -0.1) is 0 Å². The van der Waals surface area contributed by atoms with Crippen molar-refractivity contribution in [1.82, 2.24) is 5.32 Å². The molecule has 1 saturated heterocycles. The van der Waals surface area contributed by atoms with E-state index in [0.29, 0.717) is 6.10 Å². The number of rotatable bonds is 2. The number of nitrogens with two attached hydrogens (primary N) is 1. The van der Waals surface area contributed by atoms with E-state index in [-0.39, 0.29) is 12.1 Å². The van der Waals surface area contributed by atoms with Crippen LogP contribution in [0.2, 0.25) is 0 Å². The minimum atomic E-state index is 0.172. The largest absolute Gasteiger partial charge is 0.374 e. The van der Waals surface area contributed by atoms with Crippen LogP contribution in [0.25, 0.3) is 0 Å². The number of nitrogens with one attached hydrogen (secondary N) is 1. The maximum Gasteiger partial charge on any atom is 0.0753 e. The molecule has 3 heteroatoms. The number of ether oxygens (including phenoxy) is 1. The summed E-state index contributed by atoms with van der Waals surface area (Å²) in [6.45, 7) is 6.02. The van der Waals surface area contributed by atoms with Gasteiger partial charge in [-0.2, -0.15) is 0 Å². The molecule has 0 aliphatic carbocycles. The molecular weight excluding hydrogens is 140 g/mol. The van der Waals surface area contributed by atoms with E-state index in [4.69, 9.17) is 10.5 Å². The van der Waals surface area contributed by atoms with Crippen molar-refractivity contribution in [2.45, 2.75) is 38.5 Å². The lowest BCUT2D eigenvalue weighted by atomic mass is 10.0. The SMILES string of the molecule is CC(C)OC1CCNCC1N. The topological polar surface area (TPSA) is 47.3 Å². The zero-order valence-electron chi connectivity index (χ0n) is 7.34. The molecule has 0 aromatic carbocycles. The van der Waals surface area contributed by atoms with Crippen molar-refractivity contribution < 1.29 is 4.74 Å². The fraction of sp³-hybridized carbons (Fsp3) is 1.00. The highest BCUT2D eigenvalue weighted by molar-refractivity contribution is 4.81. The highest BCUT2D eigenvalue weighted by Gasteiger charge is 2.22. The van der Waals surface area contributed by atoms with Crippen LogP contribution in [-0.4, -0.2) is 31.3 Å². The Labute approximate surface area is 68.3 Å². The third kappa shape index (κ3) is 2.77. The predicted molar refractivity (Wildman–Crippen MR) is 45.5 cm³/mol. The van der Waals surface area contributed by atoms with Gasteiger partial charge in [-0.05, 0) is 26.8 Å². The van der Waals surface area contributed by atoms with Gasteiger partial charge in [0.25, 0.3) is 0 Å². The number of piperidine rings is 1. The molecule has 11 heavy (non-hydrogen) atoms. The minimum Gasteiger partial charge on any atom is -0.374 e. The van der Waals surface area contributed by atoms with Gasteiger partial charge in [0, 0.05) is 12.6 Å².